The third-order valence-electron chi connectivity index (χ3n) is 5.12. The first-order valence-corrected chi connectivity index (χ1v) is 7.88. The minimum Gasteiger partial charge on any atom is -0.497 e. The van der Waals surface area contributed by atoms with Crippen molar-refractivity contribution in [1.29, 1.82) is 0 Å². The van der Waals surface area contributed by atoms with E-state index in [0.717, 1.165) is 24.3 Å². The highest BCUT2D eigenvalue weighted by atomic mass is 35.5. The number of carbonyl (C=O) groups excluding carboxylic acids is 1. The number of carbonyl (C=O) groups is 1. The molecule has 1 amide bonds. The molecule has 0 radical (unpaired) electrons. The highest BCUT2D eigenvalue weighted by molar-refractivity contribution is 5.92. The van der Waals surface area contributed by atoms with Crippen molar-refractivity contribution in [1.82, 2.24) is 0 Å². The summed E-state index contributed by atoms with van der Waals surface area (Å²) in [6, 6.07) is 7.82. The number of methoxy groups -OCH3 is 1. The molecule has 122 valence electrons. The first-order chi connectivity index (χ1) is 10.2. The van der Waals surface area contributed by atoms with E-state index < -0.39 is 0 Å². The molecule has 2 bridgehead atoms. The highest BCUT2D eigenvalue weighted by Crippen LogP contribution is 2.42. The van der Waals surface area contributed by atoms with Crippen LogP contribution in [0.4, 0.5) is 5.69 Å². The second-order valence-corrected chi connectivity index (χ2v) is 6.42. The molecule has 0 heterocycles. The van der Waals surface area contributed by atoms with Crippen molar-refractivity contribution in [3.8, 4) is 5.75 Å². The van der Waals surface area contributed by atoms with Crippen LogP contribution in [-0.2, 0) is 4.79 Å². The molecule has 3 N–H and O–H groups in total. The van der Waals surface area contributed by atoms with Crippen LogP contribution in [0.15, 0.2) is 24.3 Å². The van der Waals surface area contributed by atoms with Crippen LogP contribution in [0, 0.1) is 17.8 Å². The van der Waals surface area contributed by atoms with Crippen LogP contribution in [0.5, 0.6) is 5.75 Å². The molecule has 4 nitrogen and oxygen atoms in total. The van der Waals surface area contributed by atoms with Crippen LogP contribution in [0.25, 0.3) is 0 Å². The largest absolute Gasteiger partial charge is 0.497 e. The van der Waals surface area contributed by atoms with E-state index in [2.05, 4.69) is 5.32 Å². The van der Waals surface area contributed by atoms with Crippen LogP contribution in [0.3, 0.4) is 0 Å². The minimum absolute atomic E-state index is 0. The average Bonchev–Trinajstić information content (AvgIpc) is 2.47. The normalized spacial score (nSPS) is 30.1. The molecular formula is C17H25ClN2O2. The SMILES string of the molecule is COc1cccc(NC(=O)C2CC3CCCC(C2)C3N)c1.Cl. The molecule has 3 rings (SSSR count). The van der Waals surface area contributed by atoms with Crippen molar-refractivity contribution in [3.05, 3.63) is 24.3 Å². The number of hydrogen-bond donors (Lipinski definition) is 2. The van der Waals surface area contributed by atoms with Crippen LogP contribution in [-0.4, -0.2) is 19.1 Å². The maximum atomic E-state index is 12.5. The molecule has 5 heteroatoms. The minimum atomic E-state index is 0. The summed E-state index contributed by atoms with van der Waals surface area (Å²) < 4.78 is 5.19. The van der Waals surface area contributed by atoms with Crippen LogP contribution < -0.4 is 15.8 Å². The Bertz CT molecular complexity index is 509. The van der Waals surface area contributed by atoms with Gasteiger partial charge in [-0.15, -0.1) is 12.4 Å². The predicted octanol–water partition coefficient (Wildman–Crippen LogP) is 3.21. The maximum absolute atomic E-state index is 12.5. The van der Waals surface area contributed by atoms with Gasteiger partial charge in [0.2, 0.25) is 5.91 Å². The van der Waals surface area contributed by atoms with Gasteiger partial charge in [-0.05, 0) is 49.7 Å². The lowest BCUT2D eigenvalue weighted by molar-refractivity contribution is -0.122. The Kier molecular flexibility index (Phi) is 5.70. The van der Waals surface area contributed by atoms with Gasteiger partial charge in [0, 0.05) is 23.7 Å². The summed E-state index contributed by atoms with van der Waals surface area (Å²) in [5.41, 5.74) is 7.09. The van der Waals surface area contributed by atoms with Crippen molar-refractivity contribution in [2.45, 2.75) is 38.1 Å². The maximum Gasteiger partial charge on any atom is 0.227 e. The van der Waals surface area contributed by atoms with E-state index in [1.54, 1.807) is 7.11 Å². The average molecular weight is 325 g/mol. The monoisotopic (exact) mass is 324 g/mol. The number of anilines is 1. The number of hydrogen-bond acceptors (Lipinski definition) is 3. The summed E-state index contributed by atoms with van der Waals surface area (Å²) in [6.07, 6.45) is 5.51. The molecule has 22 heavy (non-hydrogen) atoms. The lowest BCUT2D eigenvalue weighted by atomic mass is 9.65. The van der Waals surface area contributed by atoms with Crippen molar-refractivity contribution < 1.29 is 9.53 Å². The molecule has 2 aliphatic rings. The molecule has 2 atom stereocenters. The van der Waals surface area contributed by atoms with Crippen LogP contribution in [0.2, 0.25) is 0 Å². The number of ether oxygens (including phenoxy) is 1. The molecule has 1 aromatic rings. The Labute approximate surface area is 138 Å². The molecule has 0 spiro atoms. The summed E-state index contributed by atoms with van der Waals surface area (Å²) >= 11 is 0. The summed E-state index contributed by atoms with van der Waals surface area (Å²) in [7, 11) is 1.63. The first-order valence-electron chi connectivity index (χ1n) is 7.88. The fourth-order valence-electron chi connectivity index (χ4n) is 3.95. The first kappa shape index (κ1) is 17.1. The number of rotatable bonds is 3. The van der Waals surface area contributed by atoms with E-state index in [1.807, 2.05) is 24.3 Å². The van der Waals surface area contributed by atoms with Gasteiger partial charge in [0.05, 0.1) is 7.11 Å². The number of fused-ring (bicyclic) bond motifs is 2. The Balaban J connectivity index is 0.00000176. The van der Waals surface area contributed by atoms with Crippen LogP contribution >= 0.6 is 12.4 Å². The number of benzene rings is 1. The smallest absolute Gasteiger partial charge is 0.227 e. The topological polar surface area (TPSA) is 64.3 Å². The molecule has 0 saturated heterocycles. The zero-order chi connectivity index (χ0) is 14.8. The number of amides is 1. The van der Waals surface area contributed by atoms with E-state index in [9.17, 15) is 4.79 Å². The van der Waals surface area contributed by atoms with Gasteiger partial charge in [-0.1, -0.05) is 12.5 Å². The molecule has 2 saturated carbocycles. The quantitative estimate of drug-likeness (QED) is 0.897. The van der Waals surface area contributed by atoms with Crippen molar-refractivity contribution in [2.75, 3.05) is 12.4 Å². The van der Waals surface area contributed by atoms with E-state index in [-0.39, 0.29) is 24.2 Å². The summed E-state index contributed by atoms with van der Waals surface area (Å²) in [4.78, 5) is 12.5. The molecule has 0 aliphatic heterocycles. The Morgan fingerprint density at radius 3 is 2.59 bits per heavy atom. The lowest BCUT2D eigenvalue weighted by Crippen LogP contribution is -2.48. The molecule has 1 aromatic carbocycles. The Morgan fingerprint density at radius 2 is 1.95 bits per heavy atom. The van der Waals surface area contributed by atoms with Gasteiger partial charge >= 0.3 is 0 Å². The van der Waals surface area contributed by atoms with Crippen molar-refractivity contribution in [3.63, 3.8) is 0 Å². The van der Waals surface area contributed by atoms with Gasteiger partial charge in [0.25, 0.3) is 0 Å². The van der Waals surface area contributed by atoms with Crippen molar-refractivity contribution >= 4 is 24.0 Å². The molecule has 2 fully saturated rings. The van der Waals surface area contributed by atoms with E-state index in [0.29, 0.717) is 17.9 Å². The third kappa shape index (κ3) is 3.55. The predicted molar refractivity (Wildman–Crippen MR) is 90.4 cm³/mol. The summed E-state index contributed by atoms with van der Waals surface area (Å²) in [5, 5.41) is 3.03. The molecule has 0 aromatic heterocycles. The summed E-state index contributed by atoms with van der Waals surface area (Å²) in [6.45, 7) is 0. The highest BCUT2D eigenvalue weighted by Gasteiger charge is 2.40. The zero-order valence-electron chi connectivity index (χ0n) is 13.0. The third-order valence-corrected chi connectivity index (χ3v) is 5.12. The van der Waals surface area contributed by atoms with Gasteiger partial charge in [-0.25, -0.2) is 0 Å². The van der Waals surface area contributed by atoms with Gasteiger partial charge < -0.3 is 15.8 Å². The van der Waals surface area contributed by atoms with Gasteiger partial charge in [-0.3, -0.25) is 4.79 Å². The Morgan fingerprint density at radius 1 is 1.27 bits per heavy atom. The number of nitrogens with two attached hydrogens (primary N) is 1. The van der Waals surface area contributed by atoms with Gasteiger partial charge in [0.15, 0.2) is 0 Å². The van der Waals surface area contributed by atoms with Crippen LogP contribution in [0.1, 0.15) is 32.1 Å². The van der Waals surface area contributed by atoms with E-state index >= 15 is 0 Å². The van der Waals surface area contributed by atoms with E-state index in [4.69, 9.17) is 10.5 Å². The number of nitrogens with one attached hydrogen (secondary N) is 1. The molecule has 2 aliphatic carbocycles. The zero-order valence-corrected chi connectivity index (χ0v) is 13.8. The number of halogens is 1. The summed E-state index contributed by atoms with van der Waals surface area (Å²) in [5.74, 6) is 2.05. The molecule has 2 unspecified atom stereocenters. The second-order valence-electron chi connectivity index (χ2n) is 6.42. The second kappa shape index (κ2) is 7.34. The molecular weight excluding hydrogens is 300 g/mol. The van der Waals surface area contributed by atoms with Crippen molar-refractivity contribution in [2.24, 2.45) is 23.5 Å². The van der Waals surface area contributed by atoms with Gasteiger partial charge in [0.1, 0.15) is 5.75 Å². The fourth-order valence-corrected chi connectivity index (χ4v) is 3.95. The van der Waals surface area contributed by atoms with Gasteiger partial charge in [-0.2, -0.15) is 0 Å². The fraction of sp³-hybridized carbons (Fsp3) is 0.588. The standard InChI is InChI=1S/C17H24N2O2.ClH/c1-21-15-7-3-6-14(10-15)19-17(20)13-8-11-4-2-5-12(9-13)16(11)18;/h3,6-7,10-13,16H,2,4-5,8-9,18H2,1H3,(H,19,20);1H. The lowest BCUT2D eigenvalue weighted by Gasteiger charge is -2.43. The van der Waals surface area contributed by atoms with E-state index in [1.165, 1.54) is 19.3 Å². The Hall–Kier alpha value is -1.26.